The number of fused-ring (bicyclic) bond motifs is 2. The lowest BCUT2D eigenvalue weighted by Crippen LogP contribution is -2.42. The molecule has 1 atom stereocenters. The maximum atomic E-state index is 13.3. The number of hydrogen-bond donors (Lipinski definition) is 0. The van der Waals surface area contributed by atoms with Crippen LogP contribution in [0.5, 0.6) is 0 Å². The summed E-state index contributed by atoms with van der Waals surface area (Å²) in [5.41, 5.74) is 0.984. The molecule has 0 N–H and O–H groups in total. The highest BCUT2D eigenvalue weighted by Gasteiger charge is 2.34. The predicted molar refractivity (Wildman–Crippen MR) is 102 cm³/mol. The van der Waals surface area contributed by atoms with E-state index in [1.54, 1.807) is 0 Å². The van der Waals surface area contributed by atoms with Crippen molar-refractivity contribution in [1.82, 2.24) is 34.4 Å². The molecule has 1 amide bonds. The highest BCUT2D eigenvalue weighted by molar-refractivity contribution is 5.91. The van der Waals surface area contributed by atoms with Gasteiger partial charge < -0.3 is 9.47 Å². The fourth-order valence-electron chi connectivity index (χ4n) is 4.12. The van der Waals surface area contributed by atoms with Gasteiger partial charge in [-0.05, 0) is 19.8 Å². The average Bonchev–Trinajstić information content (AvgIpc) is 3.27. The number of carbonyl (C=O) groups is 1. The first-order valence-electron chi connectivity index (χ1n) is 9.95. The summed E-state index contributed by atoms with van der Waals surface area (Å²) < 4.78 is 3.93. The second-order valence-electron chi connectivity index (χ2n) is 7.46. The number of benzene rings is 1. The number of carbonyl (C=O) groups excluding carboxylic acids is 1. The van der Waals surface area contributed by atoms with Crippen LogP contribution in [-0.4, -0.2) is 46.9 Å². The van der Waals surface area contributed by atoms with Gasteiger partial charge in [0.15, 0.2) is 5.82 Å². The smallest absolute Gasteiger partial charge is 0.292 e. The van der Waals surface area contributed by atoms with Gasteiger partial charge in [0.2, 0.25) is 5.82 Å². The molecular weight excluding hydrogens is 354 g/mol. The minimum absolute atomic E-state index is 0.0661. The summed E-state index contributed by atoms with van der Waals surface area (Å²) in [5, 5.41) is 13.2. The maximum absolute atomic E-state index is 13.3. The molecule has 2 aliphatic rings. The van der Waals surface area contributed by atoms with Crippen molar-refractivity contribution in [3.05, 3.63) is 47.8 Å². The topological polar surface area (TPSA) is 81.7 Å². The molecule has 0 radical (unpaired) electrons. The van der Waals surface area contributed by atoms with Gasteiger partial charge in [-0.2, -0.15) is 5.10 Å². The summed E-state index contributed by atoms with van der Waals surface area (Å²) in [7, 11) is 0. The molecule has 0 saturated carbocycles. The van der Waals surface area contributed by atoms with Crippen molar-refractivity contribution in [1.29, 1.82) is 0 Å². The first-order valence-corrected chi connectivity index (χ1v) is 9.95. The largest absolute Gasteiger partial charge is 0.324 e. The fourth-order valence-corrected chi connectivity index (χ4v) is 4.12. The zero-order valence-electron chi connectivity index (χ0n) is 16.0. The second-order valence-corrected chi connectivity index (χ2v) is 7.46. The Morgan fingerprint density at radius 1 is 1.04 bits per heavy atom. The minimum atomic E-state index is -0.162. The monoisotopic (exact) mass is 377 g/mol. The highest BCUT2D eigenvalue weighted by Crippen LogP contribution is 2.28. The Hall–Kier alpha value is -3.03. The molecule has 8 heteroatoms. The van der Waals surface area contributed by atoms with E-state index in [-0.39, 0.29) is 11.9 Å². The summed E-state index contributed by atoms with van der Waals surface area (Å²) in [6.45, 7) is 4.05. The molecule has 8 nitrogen and oxygen atoms in total. The van der Waals surface area contributed by atoms with Crippen LogP contribution in [0, 0.1) is 0 Å². The minimum Gasteiger partial charge on any atom is -0.324 e. The summed E-state index contributed by atoms with van der Waals surface area (Å²) >= 11 is 0. The van der Waals surface area contributed by atoms with Gasteiger partial charge in [-0.1, -0.05) is 36.8 Å². The Bertz CT molecular complexity index is 1010. The Labute approximate surface area is 163 Å². The Morgan fingerprint density at radius 2 is 1.89 bits per heavy atom. The molecular formula is C20H23N7O. The third-order valence-corrected chi connectivity index (χ3v) is 5.69. The third kappa shape index (κ3) is 2.80. The highest BCUT2D eigenvalue weighted by atomic mass is 16.2. The lowest BCUT2D eigenvalue weighted by molar-refractivity contribution is 0.0612. The van der Waals surface area contributed by atoms with Gasteiger partial charge in [0.25, 0.3) is 5.91 Å². The van der Waals surface area contributed by atoms with Crippen LogP contribution in [0.4, 0.5) is 0 Å². The van der Waals surface area contributed by atoms with E-state index in [1.807, 2.05) is 51.4 Å². The zero-order valence-corrected chi connectivity index (χ0v) is 16.0. The third-order valence-electron chi connectivity index (χ3n) is 5.69. The Kier molecular flexibility index (Phi) is 4.18. The normalized spacial score (nSPS) is 19.0. The van der Waals surface area contributed by atoms with E-state index in [0.29, 0.717) is 24.7 Å². The fraction of sp³-hybridized carbons (Fsp3) is 0.450. The number of aromatic nitrogens is 6. The molecule has 3 aromatic rings. The molecule has 0 aliphatic carbocycles. The maximum Gasteiger partial charge on any atom is 0.292 e. The molecule has 0 bridgehead atoms. The first kappa shape index (κ1) is 17.1. The van der Waals surface area contributed by atoms with E-state index in [1.165, 1.54) is 6.42 Å². The summed E-state index contributed by atoms with van der Waals surface area (Å²) in [6, 6.07) is 9.77. The second kappa shape index (κ2) is 6.85. The van der Waals surface area contributed by atoms with Crippen LogP contribution in [0.2, 0.25) is 0 Å². The molecule has 0 saturated heterocycles. The van der Waals surface area contributed by atoms with Crippen molar-refractivity contribution in [3.8, 4) is 11.4 Å². The standard InChI is InChI=1S/C20H23N7O/c1-14-18-21-17(15-8-4-2-5-9-15)24-27(18)13-12-25(14)20(28)19-23-22-16-10-6-3-7-11-26(16)19/h2,4-5,8-9,14H,3,6-7,10-13H2,1H3/t14-/m0/s1. The van der Waals surface area contributed by atoms with Crippen LogP contribution in [0.25, 0.3) is 11.4 Å². The molecule has 4 heterocycles. The number of aryl methyl sites for hydroxylation is 1. The van der Waals surface area contributed by atoms with E-state index < -0.39 is 0 Å². The molecule has 1 aromatic carbocycles. The van der Waals surface area contributed by atoms with Gasteiger partial charge in [0.1, 0.15) is 11.6 Å². The molecule has 2 aromatic heterocycles. The van der Waals surface area contributed by atoms with Crippen LogP contribution >= 0.6 is 0 Å². The Balaban J connectivity index is 1.44. The van der Waals surface area contributed by atoms with Crippen LogP contribution in [-0.2, 0) is 19.5 Å². The van der Waals surface area contributed by atoms with Crippen molar-refractivity contribution >= 4 is 5.91 Å². The lowest BCUT2D eigenvalue weighted by Gasteiger charge is -2.32. The van der Waals surface area contributed by atoms with E-state index in [0.717, 1.165) is 43.0 Å². The van der Waals surface area contributed by atoms with Gasteiger partial charge in [-0.25, -0.2) is 9.67 Å². The van der Waals surface area contributed by atoms with Crippen LogP contribution in [0.3, 0.4) is 0 Å². The number of nitrogens with zero attached hydrogens (tertiary/aromatic N) is 7. The van der Waals surface area contributed by atoms with Gasteiger partial charge >= 0.3 is 0 Å². The molecule has 0 fully saturated rings. The molecule has 2 aliphatic heterocycles. The van der Waals surface area contributed by atoms with Gasteiger partial charge in [0, 0.05) is 25.1 Å². The van der Waals surface area contributed by atoms with Crippen molar-refractivity contribution < 1.29 is 4.79 Å². The predicted octanol–water partition coefficient (Wildman–Crippen LogP) is 2.48. The average molecular weight is 377 g/mol. The number of rotatable bonds is 2. The van der Waals surface area contributed by atoms with E-state index in [2.05, 4.69) is 15.3 Å². The van der Waals surface area contributed by atoms with Gasteiger partial charge in [-0.15, -0.1) is 10.2 Å². The van der Waals surface area contributed by atoms with Crippen molar-refractivity contribution in [2.45, 2.75) is 51.7 Å². The van der Waals surface area contributed by atoms with Crippen molar-refractivity contribution in [3.63, 3.8) is 0 Å². The van der Waals surface area contributed by atoms with Crippen molar-refractivity contribution in [2.24, 2.45) is 0 Å². The van der Waals surface area contributed by atoms with Crippen molar-refractivity contribution in [2.75, 3.05) is 6.54 Å². The zero-order chi connectivity index (χ0) is 19.1. The van der Waals surface area contributed by atoms with Crippen LogP contribution in [0.15, 0.2) is 30.3 Å². The first-order chi connectivity index (χ1) is 13.7. The summed E-state index contributed by atoms with van der Waals surface area (Å²) in [5.74, 6) is 2.84. The van der Waals surface area contributed by atoms with E-state index in [4.69, 9.17) is 4.98 Å². The number of hydrogen-bond acceptors (Lipinski definition) is 5. The SMILES string of the molecule is C[C@H]1c2nc(-c3ccccc3)nn2CCN1C(=O)c1nnc2n1CCCCC2. The molecule has 0 unspecified atom stereocenters. The molecule has 144 valence electrons. The quantitative estimate of drug-likeness (QED) is 0.685. The van der Waals surface area contributed by atoms with Crippen LogP contribution < -0.4 is 0 Å². The van der Waals surface area contributed by atoms with Gasteiger partial charge in [-0.3, -0.25) is 4.79 Å². The summed E-state index contributed by atoms with van der Waals surface area (Å²) in [4.78, 5) is 19.9. The molecule has 0 spiro atoms. The molecule has 28 heavy (non-hydrogen) atoms. The number of amides is 1. The van der Waals surface area contributed by atoms with Crippen LogP contribution in [0.1, 0.15) is 54.5 Å². The van der Waals surface area contributed by atoms with E-state index >= 15 is 0 Å². The lowest BCUT2D eigenvalue weighted by atomic mass is 10.2. The molecule has 5 rings (SSSR count). The summed E-state index contributed by atoms with van der Waals surface area (Å²) in [6.07, 6.45) is 4.24. The van der Waals surface area contributed by atoms with E-state index in [9.17, 15) is 4.79 Å². The van der Waals surface area contributed by atoms with Gasteiger partial charge in [0.05, 0.1) is 12.6 Å². The Morgan fingerprint density at radius 3 is 2.75 bits per heavy atom.